The highest BCUT2D eigenvalue weighted by Crippen LogP contribution is 2.41. The molecule has 0 saturated carbocycles. The third-order valence-electron chi connectivity index (χ3n) is 13.1. The number of hydrogen-bond donors (Lipinski definition) is 4. The van der Waals surface area contributed by atoms with E-state index in [4.69, 9.17) is 14.5 Å². The molecule has 3 aliphatic rings. The van der Waals surface area contributed by atoms with Crippen LogP contribution in [0.5, 0.6) is 5.75 Å². The van der Waals surface area contributed by atoms with Crippen molar-refractivity contribution in [1.29, 1.82) is 0 Å². The number of methoxy groups -OCH3 is 1. The molecule has 0 spiro atoms. The molecular weight excluding hydrogens is 865 g/mol. The van der Waals surface area contributed by atoms with Gasteiger partial charge in [-0.05, 0) is 105 Å². The largest absolute Gasteiger partial charge is 0.508 e. The van der Waals surface area contributed by atoms with Crippen molar-refractivity contribution in [1.82, 2.24) is 40.4 Å². The fraction of sp³-hybridized carbons (Fsp3) is 0.500. The molecule has 364 valence electrons. The van der Waals surface area contributed by atoms with Gasteiger partial charge in [0.15, 0.2) is 0 Å². The number of nitrogens with one attached hydrogen (secondary N) is 3. The van der Waals surface area contributed by atoms with E-state index in [9.17, 15) is 29.1 Å². The second kappa shape index (κ2) is 21.5. The Bertz CT molecular complexity index is 2540. The third-order valence-corrected chi connectivity index (χ3v) is 13.1. The molecule has 0 unspecified atom stereocenters. The van der Waals surface area contributed by atoms with Gasteiger partial charge in [-0.2, -0.15) is 0 Å². The zero-order valence-electron chi connectivity index (χ0n) is 40.8. The van der Waals surface area contributed by atoms with E-state index in [1.54, 1.807) is 50.3 Å². The number of phenolic OH excluding ortho intramolecular Hbond substituents is 1. The molecule has 2 fully saturated rings. The van der Waals surface area contributed by atoms with Crippen LogP contribution >= 0.6 is 0 Å². The smallest absolute Gasteiger partial charge is 0.324 e. The molecule has 16 nitrogen and oxygen atoms in total. The first-order valence-electron chi connectivity index (χ1n) is 23.8. The van der Waals surface area contributed by atoms with Crippen molar-refractivity contribution in [3.8, 4) is 28.1 Å². The number of benzene rings is 2. The monoisotopic (exact) mass is 933 g/mol. The number of likely N-dealkylation sites (N-methyl/N-ethyl adjacent to an activating group) is 1. The number of carbonyl (C=O) groups is 5. The van der Waals surface area contributed by atoms with Gasteiger partial charge in [0.1, 0.15) is 23.8 Å². The molecule has 4 amide bonds. The Morgan fingerprint density at radius 1 is 1.07 bits per heavy atom. The highest BCUT2D eigenvalue weighted by atomic mass is 16.5. The highest BCUT2D eigenvalue weighted by molar-refractivity contribution is 6.02. The van der Waals surface area contributed by atoms with E-state index in [1.807, 2.05) is 43.3 Å². The Balaban J connectivity index is 1.21. The lowest BCUT2D eigenvalue weighted by atomic mass is 9.84. The number of pyridine rings is 1. The van der Waals surface area contributed by atoms with Crippen LogP contribution < -0.4 is 16.1 Å². The number of carbonyl (C=O) groups excluding carboxylic acids is 5. The first-order chi connectivity index (χ1) is 32.5. The minimum Gasteiger partial charge on any atom is -0.508 e. The number of aromatic nitrogens is 2. The molecule has 2 saturated heterocycles. The maximum Gasteiger partial charge on any atom is 0.324 e. The van der Waals surface area contributed by atoms with Crippen molar-refractivity contribution in [2.75, 3.05) is 60.5 Å². The predicted molar refractivity (Wildman–Crippen MR) is 260 cm³/mol. The zero-order chi connectivity index (χ0) is 48.9. The number of hydrogen-bond acceptors (Lipinski definition) is 11. The van der Waals surface area contributed by atoms with Crippen LogP contribution in [0.15, 0.2) is 66.9 Å². The van der Waals surface area contributed by atoms with E-state index in [0.717, 1.165) is 39.0 Å². The molecule has 6 bridgehead atoms. The molecular formula is C52H68N8O8. The first-order valence-corrected chi connectivity index (χ1v) is 23.8. The van der Waals surface area contributed by atoms with Crippen LogP contribution in [0.3, 0.4) is 0 Å². The molecule has 4 N–H and O–H groups in total. The molecule has 0 aliphatic carbocycles. The van der Waals surface area contributed by atoms with Crippen molar-refractivity contribution in [3.63, 3.8) is 0 Å². The number of nitrogens with zero attached hydrogens (tertiary/aromatic N) is 5. The van der Waals surface area contributed by atoms with E-state index >= 15 is 0 Å². The van der Waals surface area contributed by atoms with Gasteiger partial charge in [-0.15, -0.1) is 0 Å². The number of fused-ring (bicyclic) bond motifs is 6. The predicted octanol–water partition coefficient (Wildman–Crippen LogP) is 4.86. The number of phenols is 1. The maximum atomic E-state index is 14.7. The molecule has 2 aromatic carbocycles. The summed E-state index contributed by atoms with van der Waals surface area (Å²) in [6.07, 6.45) is 6.60. The van der Waals surface area contributed by atoms with Crippen molar-refractivity contribution < 1.29 is 38.6 Å². The van der Waals surface area contributed by atoms with Crippen LogP contribution in [-0.4, -0.2) is 132 Å². The molecule has 4 aromatic rings. The fourth-order valence-corrected chi connectivity index (χ4v) is 9.61. The molecule has 3 atom stereocenters. The minimum absolute atomic E-state index is 0.0172. The van der Waals surface area contributed by atoms with Crippen LogP contribution in [0, 0.1) is 23.2 Å². The summed E-state index contributed by atoms with van der Waals surface area (Å²) < 4.78 is 14.0. The Morgan fingerprint density at radius 2 is 1.85 bits per heavy atom. The molecule has 3 aliphatic heterocycles. The second-order valence-corrected chi connectivity index (χ2v) is 19.9. The number of hydrazine groups is 1. The Kier molecular flexibility index (Phi) is 15.7. The molecule has 7 rings (SSSR count). The Labute approximate surface area is 399 Å². The summed E-state index contributed by atoms with van der Waals surface area (Å²) in [7, 11) is 5.50. The summed E-state index contributed by atoms with van der Waals surface area (Å²) >= 11 is 0. The lowest BCUT2D eigenvalue weighted by molar-refractivity contribution is -0.156. The van der Waals surface area contributed by atoms with Crippen LogP contribution in [0.4, 0.5) is 0 Å². The normalized spacial score (nSPS) is 19.5. The first kappa shape index (κ1) is 49.8. The molecule has 5 heterocycles. The van der Waals surface area contributed by atoms with Crippen molar-refractivity contribution in [2.24, 2.45) is 23.2 Å². The quantitative estimate of drug-likeness (QED) is 0.0816. The van der Waals surface area contributed by atoms with E-state index in [2.05, 4.69) is 59.6 Å². The number of ether oxygens (including phenoxy) is 2. The fourth-order valence-electron chi connectivity index (χ4n) is 9.61. The average Bonchev–Trinajstić information content (AvgIpc) is 3.58. The summed E-state index contributed by atoms with van der Waals surface area (Å²) in [4.78, 5) is 77.6. The van der Waals surface area contributed by atoms with E-state index < -0.39 is 53.0 Å². The summed E-state index contributed by atoms with van der Waals surface area (Å²) in [6, 6.07) is 13.4. The number of aryl methyl sites for hydroxylation is 1. The van der Waals surface area contributed by atoms with Crippen molar-refractivity contribution >= 4 is 40.5 Å². The van der Waals surface area contributed by atoms with Gasteiger partial charge in [-0.3, -0.25) is 34.0 Å². The number of rotatable bonds is 13. The van der Waals surface area contributed by atoms with Crippen LogP contribution in [0.1, 0.15) is 64.3 Å². The lowest BCUT2D eigenvalue weighted by Gasteiger charge is -2.39. The zero-order valence-corrected chi connectivity index (χ0v) is 40.8. The van der Waals surface area contributed by atoms with Gasteiger partial charge in [0.2, 0.25) is 17.7 Å². The molecule has 68 heavy (non-hydrogen) atoms. The summed E-state index contributed by atoms with van der Waals surface area (Å²) in [5.74, 6) is -3.71. The topological polar surface area (TPSA) is 188 Å². The van der Waals surface area contributed by atoms with Gasteiger partial charge >= 0.3 is 5.97 Å². The van der Waals surface area contributed by atoms with E-state index in [1.165, 1.54) is 5.01 Å². The van der Waals surface area contributed by atoms with Crippen LogP contribution in [0.2, 0.25) is 0 Å². The van der Waals surface area contributed by atoms with Gasteiger partial charge < -0.3 is 39.6 Å². The Hall–Kier alpha value is -6.10. The highest BCUT2D eigenvalue weighted by Gasteiger charge is 2.39. The van der Waals surface area contributed by atoms with Gasteiger partial charge in [0, 0.05) is 92.9 Å². The van der Waals surface area contributed by atoms with Crippen LogP contribution in [0.25, 0.3) is 33.3 Å². The molecule has 0 radical (unpaired) electrons. The Morgan fingerprint density at radius 3 is 2.57 bits per heavy atom. The van der Waals surface area contributed by atoms with Crippen molar-refractivity contribution in [3.05, 3.63) is 83.7 Å². The average molecular weight is 933 g/mol. The number of amides is 4. The molecule has 2 aromatic heterocycles. The number of cyclic esters (lactones) is 1. The van der Waals surface area contributed by atoms with Gasteiger partial charge in [0.05, 0.1) is 24.6 Å². The summed E-state index contributed by atoms with van der Waals surface area (Å²) in [5.41, 5.74) is 9.50. The molecule has 16 heteroatoms. The lowest BCUT2D eigenvalue weighted by Crippen LogP contribution is -2.61. The van der Waals surface area contributed by atoms with Gasteiger partial charge in [-0.1, -0.05) is 45.9 Å². The van der Waals surface area contributed by atoms with Crippen LogP contribution in [-0.2, 0) is 59.4 Å². The number of esters is 1. The van der Waals surface area contributed by atoms with E-state index in [0.29, 0.717) is 63.2 Å². The number of aromatic hydroxyl groups is 1. The van der Waals surface area contributed by atoms with Gasteiger partial charge in [-0.25, -0.2) is 5.43 Å². The van der Waals surface area contributed by atoms with Gasteiger partial charge in [0.25, 0.3) is 5.91 Å². The standard InChI is InChI=1S/C52H68N8O8/c1-9-59-44-17-16-35-25-39(44)40(47(59)38-13-10-18-53-43(38)30-67-8)26-52(4,5)31-68-51(66)41-14-11-20-60(56-41)50(65)42(23-33-21-36(35)24-37(61)22-33)55-49(64)46(32(2)3)48(63)54-27-34-28-58(29-34)45(62)15-12-19-57(6)7/h10,12-13,15-18,21-22,24-25,32,34,41-42,46,56,61H,9,11,14,19-20,23,26-31H2,1-8H3,(H,54,63)(H,55,64)/b15-12+/t41-,42-,46-/m0/s1. The third kappa shape index (κ3) is 11.4. The number of likely N-dealkylation sites (tertiary alicyclic amines) is 1. The van der Waals surface area contributed by atoms with Crippen molar-refractivity contribution in [2.45, 2.75) is 85.5 Å². The SMILES string of the molecule is CCn1c(-c2cccnc2COC)c2c3cc(ccc31)-c1cc(O)cc(c1)C[C@H](NC(=O)[C@H](C(=O)NCC1CN(C(=O)/C=C/CN(C)C)C1)C(C)C)C(=O)N1CCC[C@H](N1)C(=O)OCC(C)(C)C2. The second-order valence-electron chi connectivity index (χ2n) is 19.9. The maximum absolute atomic E-state index is 14.7. The minimum atomic E-state index is -1.19. The summed E-state index contributed by atoms with van der Waals surface area (Å²) in [5, 5.41) is 19.5. The summed E-state index contributed by atoms with van der Waals surface area (Å²) in [6.45, 7) is 13.1. The van der Waals surface area contributed by atoms with E-state index in [-0.39, 0.29) is 43.7 Å².